The van der Waals surface area contributed by atoms with Gasteiger partial charge in [0, 0.05) is 18.0 Å². The Hall–Kier alpha value is -1.69. The van der Waals surface area contributed by atoms with Crippen LogP contribution in [0.2, 0.25) is 0 Å². The molecule has 1 amide bonds. The van der Waals surface area contributed by atoms with Gasteiger partial charge in [-0.1, -0.05) is 18.2 Å². The van der Waals surface area contributed by atoms with Crippen molar-refractivity contribution in [2.45, 2.75) is 31.7 Å². The van der Waals surface area contributed by atoms with Gasteiger partial charge in [-0.25, -0.2) is 8.42 Å². The Kier molecular flexibility index (Phi) is 3.36. The summed E-state index contributed by atoms with van der Waals surface area (Å²) in [6, 6.07) is 5.12. The van der Waals surface area contributed by atoms with Gasteiger partial charge < -0.3 is 5.32 Å². The van der Waals surface area contributed by atoms with Crippen molar-refractivity contribution in [3.05, 3.63) is 34.9 Å². The molecule has 1 fully saturated rings. The summed E-state index contributed by atoms with van der Waals surface area (Å²) >= 11 is 0. The third kappa shape index (κ3) is 2.60. The van der Waals surface area contributed by atoms with Crippen molar-refractivity contribution in [1.82, 2.24) is 5.32 Å². The van der Waals surface area contributed by atoms with E-state index in [0.717, 1.165) is 11.1 Å². The van der Waals surface area contributed by atoms with Crippen molar-refractivity contribution in [1.29, 1.82) is 0 Å². The van der Waals surface area contributed by atoms with E-state index < -0.39 is 15.8 Å². The van der Waals surface area contributed by atoms with E-state index in [4.69, 9.17) is 0 Å². The molecule has 2 aliphatic rings. The highest BCUT2D eigenvalue weighted by molar-refractivity contribution is 7.91. The van der Waals surface area contributed by atoms with Crippen LogP contribution in [0.25, 0.3) is 0 Å². The van der Waals surface area contributed by atoms with Gasteiger partial charge in [-0.05, 0) is 24.5 Å². The van der Waals surface area contributed by atoms with Crippen LogP contribution in [0.3, 0.4) is 0 Å². The fourth-order valence-electron chi connectivity index (χ4n) is 3.22. The molecule has 1 saturated heterocycles. The molecule has 6 heteroatoms. The predicted octanol–water partition coefficient (Wildman–Crippen LogP) is 0.968. The Balaban J connectivity index is 1.80. The van der Waals surface area contributed by atoms with Crippen molar-refractivity contribution in [2.75, 3.05) is 11.5 Å². The van der Waals surface area contributed by atoms with Crippen molar-refractivity contribution >= 4 is 21.5 Å². The van der Waals surface area contributed by atoms with Crippen LogP contribution in [0, 0.1) is 6.92 Å². The first-order valence-electron chi connectivity index (χ1n) is 7.01. The number of ketones is 1. The van der Waals surface area contributed by atoms with E-state index in [1.165, 1.54) is 0 Å². The lowest BCUT2D eigenvalue weighted by Crippen LogP contribution is -2.38. The number of Topliss-reactive ketones (excluding diaryl/α,β-unsaturated/α-hetero) is 1. The third-order valence-corrected chi connectivity index (χ3v) is 6.03. The molecule has 1 aromatic carbocycles. The Morgan fingerprint density at radius 3 is 2.76 bits per heavy atom. The lowest BCUT2D eigenvalue weighted by atomic mass is 9.95. The first-order valence-corrected chi connectivity index (χ1v) is 8.83. The zero-order valence-electron chi connectivity index (χ0n) is 11.8. The number of carbonyl (C=O) groups excluding carboxylic acids is 2. The molecule has 3 rings (SSSR count). The minimum absolute atomic E-state index is 0.0000351. The van der Waals surface area contributed by atoms with Crippen LogP contribution in [-0.2, 0) is 14.6 Å². The molecule has 0 spiro atoms. The van der Waals surface area contributed by atoms with Crippen LogP contribution < -0.4 is 5.32 Å². The second kappa shape index (κ2) is 4.94. The molecule has 21 heavy (non-hydrogen) atoms. The summed E-state index contributed by atoms with van der Waals surface area (Å²) in [6.07, 6.45) is 0.626. The predicted molar refractivity (Wildman–Crippen MR) is 78.1 cm³/mol. The largest absolute Gasteiger partial charge is 0.352 e. The second-order valence-corrected chi connectivity index (χ2v) is 8.05. The van der Waals surface area contributed by atoms with Gasteiger partial charge in [-0.3, -0.25) is 9.59 Å². The van der Waals surface area contributed by atoms with Gasteiger partial charge in [-0.15, -0.1) is 0 Å². The van der Waals surface area contributed by atoms with E-state index >= 15 is 0 Å². The molecule has 2 unspecified atom stereocenters. The van der Waals surface area contributed by atoms with Crippen molar-refractivity contribution < 1.29 is 18.0 Å². The third-order valence-electron chi connectivity index (χ3n) is 4.26. The zero-order chi connectivity index (χ0) is 15.2. The number of fused-ring (bicyclic) bond motifs is 1. The fourth-order valence-corrected chi connectivity index (χ4v) is 4.89. The average molecular weight is 307 g/mol. The molecule has 2 atom stereocenters. The van der Waals surface area contributed by atoms with Crippen LogP contribution in [0.4, 0.5) is 0 Å². The lowest BCUT2D eigenvalue weighted by molar-refractivity contribution is -0.123. The highest BCUT2D eigenvalue weighted by atomic mass is 32.2. The van der Waals surface area contributed by atoms with Crippen molar-refractivity contribution in [2.24, 2.45) is 0 Å². The molecule has 1 N–H and O–H groups in total. The summed E-state index contributed by atoms with van der Waals surface area (Å²) in [7, 11) is -3.03. The van der Waals surface area contributed by atoms with E-state index in [9.17, 15) is 18.0 Å². The van der Waals surface area contributed by atoms with Gasteiger partial charge in [0.25, 0.3) is 0 Å². The molecule has 112 valence electrons. The van der Waals surface area contributed by atoms with Crippen LogP contribution in [0.15, 0.2) is 18.2 Å². The first-order chi connectivity index (χ1) is 9.87. The minimum atomic E-state index is -3.03. The molecular formula is C15H17NO4S. The summed E-state index contributed by atoms with van der Waals surface area (Å²) in [4.78, 5) is 24.4. The number of benzene rings is 1. The van der Waals surface area contributed by atoms with Crippen molar-refractivity contribution in [3.63, 3.8) is 0 Å². The molecule has 1 aliphatic heterocycles. The highest BCUT2D eigenvalue weighted by Gasteiger charge is 2.37. The Morgan fingerprint density at radius 1 is 1.33 bits per heavy atom. The molecule has 1 heterocycles. The number of hydrogen-bond acceptors (Lipinski definition) is 4. The van der Waals surface area contributed by atoms with E-state index in [1.807, 2.05) is 19.1 Å². The quantitative estimate of drug-likeness (QED) is 0.883. The number of hydrogen-bond donors (Lipinski definition) is 1. The lowest BCUT2D eigenvalue weighted by Gasteiger charge is -2.16. The van der Waals surface area contributed by atoms with Gasteiger partial charge in [-0.2, -0.15) is 0 Å². The molecule has 0 radical (unpaired) electrons. The van der Waals surface area contributed by atoms with E-state index in [0.29, 0.717) is 12.0 Å². The zero-order valence-corrected chi connectivity index (χ0v) is 12.6. The van der Waals surface area contributed by atoms with E-state index in [-0.39, 0.29) is 35.7 Å². The Labute approximate surface area is 123 Å². The molecule has 1 aliphatic carbocycles. The molecule has 0 saturated carbocycles. The summed E-state index contributed by atoms with van der Waals surface area (Å²) < 4.78 is 22.9. The molecule has 1 aromatic rings. The summed E-state index contributed by atoms with van der Waals surface area (Å²) in [5.41, 5.74) is 2.34. The monoisotopic (exact) mass is 307 g/mol. The average Bonchev–Trinajstić information content (AvgIpc) is 2.91. The van der Waals surface area contributed by atoms with Gasteiger partial charge >= 0.3 is 0 Å². The smallest absolute Gasteiger partial charge is 0.228 e. The van der Waals surface area contributed by atoms with Crippen LogP contribution in [0.5, 0.6) is 0 Å². The van der Waals surface area contributed by atoms with Crippen LogP contribution >= 0.6 is 0 Å². The maximum atomic E-state index is 12.4. The molecule has 0 aromatic heterocycles. The fraction of sp³-hybridized carbons (Fsp3) is 0.467. The summed E-state index contributed by atoms with van der Waals surface area (Å²) in [5.74, 6) is -0.625. The maximum Gasteiger partial charge on any atom is 0.228 e. The summed E-state index contributed by atoms with van der Waals surface area (Å²) in [6.45, 7) is 1.89. The van der Waals surface area contributed by atoms with E-state index in [2.05, 4.69) is 5.32 Å². The first kappa shape index (κ1) is 14.3. The molecule has 0 bridgehead atoms. The van der Waals surface area contributed by atoms with Crippen LogP contribution in [0.1, 0.15) is 40.2 Å². The second-order valence-electron chi connectivity index (χ2n) is 5.82. The molecular weight excluding hydrogens is 290 g/mol. The van der Waals surface area contributed by atoms with E-state index in [1.54, 1.807) is 6.07 Å². The minimum Gasteiger partial charge on any atom is -0.352 e. The van der Waals surface area contributed by atoms with Gasteiger partial charge in [0.2, 0.25) is 5.91 Å². The number of amides is 1. The Bertz CT molecular complexity index is 723. The number of carbonyl (C=O) groups is 2. The number of rotatable bonds is 2. The number of nitrogens with one attached hydrogen (secondary N) is 1. The maximum absolute atomic E-state index is 12.4. The SMILES string of the molecule is Cc1cccc2c1C(C(=O)NC1CCS(=O)(=O)C1)CC2=O. The normalized spacial score (nSPS) is 26.6. The van der Waals surface area contributed by atoms with Crippen LogP contribution in [-0.4, -0.2) is 37.7 Å². The standard InChI is InChI=1S/C15H17NO4S/c1-9-3-2-4-11-13(17)7-12(14(9)11)15(18)16-10-5-6-21(19,20)8-10/h2-4,10,12H,5-8H2,1H3,(H,16,18). The number of aryl methyl sites for hydroxylation is 1. The van der Waals surface area contributed by atoms with Crippen molar-refractivity contribution in [3.8, 4) is 0 Å². The number of sulfone groups is 1. The molecule has 5 nitrogen and oxygen atoms in total. The highest BCUT2D eigenvalue weighted by Crippen LogP contribution is 2.35. The topological polar surface area (TPSA) is 80.3 Å². The Morgan fingerprint density at radius 2 is 2.10 bits per heavy atom. The van der Waals surface area contributed by atoms with Gasteiger partial charge in [0.05, 0.1) is 17.4 Å². The van der Waals surface area contributed by atoms with Gasteiger partial charge in [0.15, 0.2) is 15.6 Å². The summed E-state index contributed by atoms with van der Waals surface area (Å²) in [5, 5.41) is 2.79. The van der Waals surface area contributed by atoms with Gasteiger partial charge in [0.1, 0.15) is 0 Å².